The Bertz CT molecular complexity index is 1010. The number of amides is 2. The highest BCUT2D eigenvalue weighted by Crippen LogP contribution is 2.35. The van der Waals surface area contributed by atoms with E-state index in [0.717, 1.165) is 16.7 Å². The summed E-state index contributed by atoms with van der Waals surface area (Å²) in [6.45, 7) is 10.6. The molecule has 0 aromatic heterocycles. The number of carbonyl (C=O) groups excluding carboxylic acids is 2. The number of nitrogens with zero attached hydrogens (tertiary/aromatic N) is 1. The third kappa shape index (κ3) is 5.75. The van der Waals surface area contributed by atoms with E-state index in [2.05, 4.69) is 19.2 Å². The zero-order valence-electron chi connectivity index (χ0n) is 20.1. The summed E-state index contributed by atoms with van der Waals surface area (Å²) in [7, 11) is 0. The maximum Gasteiger partial charge on any atom is 0.223 e. The van der Waals surface area contributed by atoms with E-state index in [-0.39, 0.29) is 36.2 Å². The van der Waals surface area contributed by atoms with Crippen LogP contribution in [0.5, 0.6) is 11.5 Å². The van der Waals surface area contributed by atoms with Crippen molar-refractivity contribution in [3.63, 3.8) is 0 Å². The number of ether oxygens (including phenoxy) is 2. The Morgan fingerprint density at radius 1 is 1.03 bits per heavy atom. The van der Waals surface area contributed by atoms with Crippen molar-refractivity contribution in [2.24, 2.45) is 5.92 Å². The molecule has 33 heavy (non-hydrogen) atoms. The van der Waals surface area contributed by atoms with Gasteiger partial charge in [0, 0.05) is 13.1 Å². The van der Waals surface area contributed by atoms with E-state index in [9.17, 15) is 9.59 Å². The van der Waals surface area contributed by atoms with Crippen LogP contribution < -0.4 is 14.8 Å². The third-order valence-electron chi connectivity index (χ3n) is 5.76. The van der Waals surface area contributed by atoms with Crippen LogP contribution in [0.1, 0.15) is 69.8 Å². The van der Waals surface area contributed by atoms with Crippen molar-refractivity contribution in [3.8, 4) is 11.5 Å². The Morgan fingerprint density at radius 2 is 1.73 bits per heavy atom. The Balaban J connectivity index is 1.83. The lowest BCUT2D eigenvalue weighted by atomic mass is 9.92. The number of hydrogen-bond donors (Lipinski definition) is 1. The normalized spacial score (nSPS) is 15.7. The number of hydrogen-bond acceptors (Lipinski definition) is 4. The van der Waals surface area contributed by atoms with Gasteiger partial charge in [0.05, 0.1) is 31.7 Å². The minimum Gasteiger partial charge on any atom is -0.490 e. The van der Waals surface area contributed by atoms with Crippen LogP contribution in [0.4, 0.5) is 0 Å². The van der Waals surface area contributed by atoms with Gasteiger partial charge in [-0.2, -0.15) is 0 Å². The molecule has 0 spiro atoms. The lowest BCUT2D eigenvalue weighted by Crippen LogP contribution is -2.37. The van der Waals surface area contributed by atoms with Gasteiger partial charge in [-0.1, -0.05) is 44.2 Å². The Morgan fingerprint density at radius 3 is 2.39 bits per heavy atom. The topological polar surface area (TPSA) is 67.9 Å². The zero-order chi connectivity index (χ0) is 24.0. The van der Waals surface area contributed by atoms with E-state index >= 15 is 0 Å². The van der Waals surface area contributed by atoms with Gasteiger partial charge in [0.2, 0.25) is 11.8 Å². The van der Waals surface area contributed by atoms with E-state index in [0.29, 0.717) is 24.7 Å². The second-order valence-electron chi connectivity index (χ2n) is 8.45. The van der Waals surface area contributed by atoms with E-state index in [1.807, 2.05) is 62.4 Å². The largest absolute Gasteiger partial charge is 0.490 e. The summed E-state index contributed by atoms with van der Waals surface area (Å²) >= 11 is 0. The monoisotopic (exact) mass is 450 g/mol. The molecule has 6 heteroatoms. The molecule has 0 fully saturated rings. The lowest BCUT2D eigenvalue weighted by molar-refractivity contribution is -0.130. The molecule has 2 aromatic carbocycles. The van der Waals surface area contributed by atoms with Gasteiger partial charge in [0.15, 0.2) is 11.5 Å². The molecular weight excluding hydrogens is 416 g/mol. The van der Waals surface area contributed by atoms with Crippen LogP contribution in [0.15, 0.2) is 48.7 Å². The average molecular weight is 451 g/mol. The van der Waals surface area contributed by atoms with Crippen LogP contribution in [-0.2, 0) is 9.59 Å². The number of rotatable bonds is 9. The first-order valence-corrected chi connectivity index (χ1v) is 11.6. The summed E-state index contributed by atoms with van der Waals surface area (Å²) < 4.78 is 11.5. The standard InChI is InChI=1S/C27H34N2O4/c1-6-32-24-13-12-21(16-25(24)33-7-2)27(18(3)4)28-26(31)17-23-22-11-9-8-10-20(22)14-15-29(23)19(5)30/h8-16,18,23,27H,6-7,17H2,1-5H3,(H,28,31). The highest BCUT2D eigenvalue weighted by atomic mass is 16.5. The van der Waals surface area contributed by atoms with Crippen LogP contribution in [-0.4, -0.2) is 29.9 Å². The summed E-state index contributed by atoms with van der Waals surface area (Å²) in [5.74, 6) is 1.32. The predicted octanol–water partition coefficient (Wildman–Crippen LogP) is 5.26. The molecule has 176 valence electrons. The summed E-state index contributed by atoms with van der Waals surface area (Å²) in [5, 5.41) is 3.19. The van der Waals surface area contributed by atoms with Crippen molar-refractivity contribution in [2.45, 2.75) is 53.1 Å². The number of carbonyl (C=O) groups is 2. The second-order valence-corrected chi connectivity index (χ2v) is 8.45. The molecule has 0 saturated heterocycles. The van der Waals surface area contributed by atoms with E-state index in [4.69, 9.17) is 9.47 Å². The van der Waals surface area contributed by atoms with Gasteiger partial charge in [-0.3, -0.25) is 9.59 Å². The SMILES string of the molecule is CCOc1ccc(C(NC(=O)CC2c3ccccc3C=CN2C(C)=O)C(C)C)cc1OCC. The van der Waals surface area contributed by atoms with Crippen molar-refractivity contribution < 1.29 is 19.1 Å². The van der Waals surface area contributed by atoms with Gasteiger partial charge >= 0.3 is 0 Å². The van der Waals surface area contributed by atoms with Crippen molar-refractivity contribution in [1.82, 2.24) is 10.2 Å². The zero-order valence-corrected chi connectivity index (χ0v) is 20.1. The van der Waals surface area contributed by atoms with E-state index < -0.39 is 0 Å². The van der Waals surface area contributed by atoms with Gasteiger partial charge < -0.3 is 19.7 Å². The Kier molecular flexibility index (Phi) is 8.15. The average Bonchev–Trinajstić information content (AvgIpc) is 2.79. The van der Waals surface area contributed by atoms with Crippen LogP contribution in [0.3, 0.4) is 0 Å². The fourth-order valence-corrected chi connectivity index (χ4v) is 4.22. The molecule has 0 aliphatic carbocycles. The fourth-order valence-electron chi connectivity index (χ4n) is 4.22. The number of fused-ring (bicyclic) bond motifs is 1. The molecule has 6 nitrogen and oxygen atoms in total. The second kappa shape index (κ2) is 11.0. The Labute approximate surface area is 196 Å². The van der Waals surface area contributed by atoms with Gasteiger partial charge in [-0.15, -0.1) is 0 Å². The van der Waals surface area contributed by atoms with Crippen LogP contribution in [0.2, 0.25) is 0 Å². The molecule has 0 saturated carbocycles. The molecule has 1 aliphatic heterocycles. The fraction of sp³-hybridized carbons (Fsp3) is 0.407. The smallest absolute Gasteiger partial charge is 0.223 e. The minimum atomic E-state index is -0.337. The molecule has 2 aromatic rings. The molecule has 1 aliphatic rings. The van der Waals surface area contributed by atoms with Crippen molar-refractivity contribution >= 4 is 17.9 Å². The highest BCUT2D eigenvalue weighted by Gasteiger charge is 2.29. The molecule has 3 rings (SSSR count). The van der Waals surface area contributed by atoms with Crippen LogP contribution in [0.25, 0.3) is 6.08 Å². The van der Waals surface area contributed by atoms with Gasteiger partial charge in [0.1, 0.15) is 0 Å². The highest BCUT2D eigenvalue weighted by molar-refractivity contribution is 5.82. The van der Waals surface area contributed by atoms with Gasteiger partial charge in [-0.25, -0.2) is 0 Å². The van der Waals surface area contributed by atoms with Gasteiger partial charge in [-0.05, 0) is 54.7 Å². The molecule has 0 bridgehead atoms. The molecule has 0 radical (unpaired) electrons. The number of nitrogens with one attached hydrogen (secondary N) is 1. The number of benzene rings is 2. The molecular formula is C27H34N2O4. The minimum absolute atomic E-state index is 0.0909. The van der Waals surface area contributed by atoms with Crippen LogP contribution >= 0.6 is 0 Å². The molecule has 1 heterocycles. The quantitative estimate of drug-likeness (QED) is 0.566. The summed E-state index contributed by atoms with van der Waals surface area (Å²) in [4.78, 5) is 27.1. The Hall–Kier alpha value is -3.28. The maximum absolute atomic E-state index is 13.2. The van der Waals surface area contributed by atoms with E-state index in [1.54, 1.807) is 11.1 Å². The van der Waals surface area contributed by atoms with Crippen molar-refractivity contribution in [3.05, 3.63) is 65.4 Å². The summed E-state index contributed by atoms with van der Waals surface area (Å²) in [6.07, 6.45) is 3.86. The predicted molar refractivity (Wildman–Crippen MR) is 130 cm³/mol. The first-order valence-electron chi connectivity index (χ1n) is 11.6. The molecule has 2 amide bonds. The maximum atomic E-state index is 13.2. The summed E-state index contributed by atoms with van der Waals surface area (Å²) in [5.41, 5.74) is 2.96. The molecule has 2 atom stereocenters. The van der Waals surface area contributed by atoms with Crippen molar-refractivity contribution in [2.75, 3.05) is 13.2 Å². The molecule has 1 N–H and O–H groups in total. The van der Waals surface area contributed by atoms with Crippen molar-refractivity contribution in [1.29, 1.82) is 0 Å². The van der Waals surface area contributed by atoms with Crippen LogP contribution in [0, 0.1) is 5.92 Å². The summed E-state index contributed by atoms with van der Waals surface area (Å²) in [6, 6.07) is 13.1. The molecule has 2 unspecified atom stereocenters. The first kappa shape index (κ1) is 24.4. The van der Waals surface area contributed by atoms with Gasteiger partial charge in [0.25, 0.3) is 0 Å². The third-order valence-corrected chi connectivity index (χ3v) is 5.76. The first-order chi connectivity index (χ1) is 15.8. The van der Waals surface area contributed by atoms with E-state index in [1.165, 1.54) is 6.92 Å². The lowest BCUT2D eigenvalue weighted by Gasteiger charge is -2.33.